The molecule has 0 bridgehead atoms. The fraction of sp³-hybridized carbons (Fsp3) is 0.462. The van der Waals surface area contributed by atoms with Gasteiger partial charge in [0.1, 0.15) is 36.3 Å². The van der Waals surface area contributed by atoms with Crippen LogP contribution in [0.15, 0.2) is 48.7 Å². The molecule has 2 aliphatic heterocycles. The standard InChI is InChI=1S/C26H31NO7/c1-15-3-2-4-20-22(15)17(11-16-5-7-18(8-6-16)33-19-9-10-32-14-19)12-27(20)26-25(31)24(30)23(29)21(13-28)34-26/h2-8,12,19,21,23-26,28-31H,9-11,13-14H2,1H3/t19?,21-,23-,24+,25-,26-/m1/s1. The lowest BCUT2D eigenvalue weighted by atomic mass is 9.98. The number of rotatable bonds is 6. The highest BCUT2D eigenvalue weighted by Crippen LogP contribution is 2.35. The van der Waals surface area contributed by atoms with E-state index in [0.29, 0.717) is 13.0 Å². The molecule has 1 unspecified atom stereocenters. The largest absolute Gasteiger partial charge is 0.488 e. The van der Waals surface area contributed by atoms with Crippen LogP contribution in [0.4, 0.5) is 0 Å². The first-order valence-corrected chi connectivity index (χ1v) is 11.7. The van der Waals surface area contributed by atoms with Crippen molar-refractivity contribution in [2.75, 3.05) is 19.8 Å². The zero-order valence-corrected chi connectivity index (χ0v) is 19.1. The van der Waals surface area contributed by atoms with E-state index in [2.05, 4.69) is 0 Å². The Hall–Kier alpha value is -2.46. The molecule has 2 saturated heterocycles. The van der Waals surface area contributed by atoms with Crippen molar-refractivity contribution in [2.45, 2.75) is 56.5 Å². The molecule has 6 atom stereocenters. The quantitative estimate of drug-likeness (QED) is 0.434. The van der Waals surface area contributed by atoms with Crippen molar-refractivity contribution in [3.05, 3.63) is 65.4 Å². The molecule has 182 valence electrons. The molecule has 2 aliphatic rings. The van der Waals surface area contributed by atoms with Crippen molar-refractivity contribution in [1.82, 2.24) is 4.57 Å². The number of hydrogen-bond donors (Lipinski definition) is 4. The summed E-state index contributed by atoms with van der Waals surface area (Å²) >= 11 is 0. The van der Waals surface area contributed by atoms with Crippen molar-refractivity contribution in [2.24, 2.45) is 0 Å². The number of aromatic nitrogens is 1. The Bertz CT molecular complexity index is 1120. The fourth-order valence-corrected chi connectivity index (χ4v) is 4.95. The van der Waals surface area contributed by atoms with Gasteiger partial charge in [-0.1, -0.05) is 24.3 Å². The Kier molecular flexibility index (Phi) is 6.61. The van der Waals surface area contributed by atoms with Gasteiger partial charge >= 0.3 is 0 Å². The summed E-state index contributed by atoms with van der Waals surface area (Å²) in [5.74, 6) is 0.819. The molecule has 1 aromatic heterocycles. The average Bonchev–Trinajstić information content (AvgIpc) is 3.48. The third-order valence-electron chi connectivity index (χ3n) is 6.79. The van der Waals surface area contributed by atoms with E-state index in [0.717, 1.165) is 46.4 Å². The zero-order valence-electron chi connectivity index (χ0n) is 19.1. The van der Waals surface area contributed by atoms with Crippen LogP contribution < -0.4 is 4.74 Å². The Morgan fingerprint density at radius 3 is 2.53 bits per heavy atom. The Morgan fingerprint density at radius 1 is 1.03 bits per heavy atom. The van der Waals surface area contributed by atoms with Gasteiger partial charge in [0.25, 0.3) is 0 Å². The van der Waals surface area contributed by atoms with Gasteiger partial charge in [-0.2, -0.15) is 0 Å². The number of nitrogens with zero attached hydrogens (tertiary/aromatic N) is 1. The van der Waals surface area contributed by atoms with Crippen LogP contribution in [-0.2, 0) is 15.9 Å². The molecule has 5 rings (SSSR count). The predicted octanol–water partition coefficient (Wildman–Crippen LogP) is 1.68. The smallest absolute Gasteiger partial charge is 0.163 e. The summed E-state index contributed by atoms with van der Waals surface area (Å²) in [6.45, 7) is 2.93. The van der Waals surface area contributed by atoms with Gasteiger partial charge in [0.05, 0.1) is 25.3 Å². The molecule has 0 amide bonds. The lowest BCUT2D eigenvalue weighted by molar-refractivity contribution is -0.250. The Morgan fingerprint density at radius 2 is 1.82 bits per heavy atom. The normalized spacial score (nSPS) is 29.6. The van der Waals surface area contributed by atoms with Crippen molar-refractivity contribution in [3.63, 3.8) is 0 Å². The number of aryl methyl sites for hydroxylation is 1. The third-order valence-corrected chi connectivity index (χ3v) is 6.79. The van der Waals surface area contributed by atoms with E-state index in [1.165, 1.54) is 0 Å². The van der Waals surface area contributed by atoms with Crippen LogP contribution in [0.5, 0.6) is 5.75 Å². The van der Waals surface area contributed by atoms with E-state index in [4.69, 9.17) is 14.2 Å². The first-order valence-electron chi connectivity index (χ1n) is 11.7. The highest BCUT2D eigenvalue weighted by atomic mass is 16.6. The number of hydrogen-bond acceptors (Lipinski definition) is 7. The summed E-state index contributed by atoms with van der Waals surface area (Å²) in [6, 6.07) is 13.9. The minimum Gasteiger partial charge on any atom is -0.488 e. The van der Waals surface area contributed by atoms with Gasteiger partial charge in [0.15, 0.2) is 6.23 Å². The molecule has 0 aliphatic carbocycles. The summed E-state index contributed by atoms with van der Waals surface area (Å²) in [6.07, 6.45) is -2.51. The monoisotopic (exact) mass is 469 g/mol. The van der Waals surface area contributed by atoms with Crippen molar-refractivity contribution in [1.29, 1.82) is 0 Å². The molecule has 0 radical (unpaired) electrons. The van der Waals surface area contributed by atoms with E-state index in [1.54, 1.807) is 4.57 Å². The van der Waals surface area contributed by atoms with Crippen LogP contribution in [0.3, 0.4) is 0 Å². The number of fused-ring (bicyclic) bond motifs is 1. The topological polar surface area (TPSA) is 114 Å². The molecule has 3 aromatic rings. The van der Waals surface area contributed by atoms with Gasteiger partial charge in [-0.15, -0.1) is 0 Å². The number of aliphatic hydroxyl groups excluding tert-OH is 4. The van der Waals surface area contributed by atoms with Crippen LogP contribution in [-0.4, -0.2) is 75.3 Å². The van der Waals surface area contributed by atoms with E-state index in [-0.39, 0.29) is 6.10 Å². The van der Waals surface area contributed by atoms with Gasteiger partial charge in [-0.3, -0.25) is 0 Å². The van der Waals surface area contributed by atoms with Crippen molar-refractivity contribution in [3.8, 4) is 5.75 Å². The average molecular weight is 470 g/mol. The fourth-order valence-electron chi connectivity index (χ4n) is 4.95. The van der Waals surface area contributed by atoms with E-state index in [1.807, 2.05) is 55.6 Å². The highest BCUT2D eigenvalue weighted by molar-refractivity contribution is 5.87. The summed E-state index contributed by atoms with van der Waals surface area (Å²) in [5.41, 5.74) is 4.08. The molecule has 0 saturated carbocycles. The van der Waals surface area contributed by atoms with Gasteiger partial charge in [-0.05, 0) is 48.2 Å². The molecule has 8 heteroatoms. The number of aliphatic hydroxyl groups is 4. The minimum absolute atomic E-state index is 0.102. The van der Waals surface area contributed by atoms with E-state index < -0.39 is 37.3 Å². The first kappa shape index (κ1) is 23.3. The second-order valence-electron chi connectivity index (χ2n) is 9.17. The third kappa shape index (κ3) is 4.33. The highest BCUT2D eigenvalue weighted by Gasteiger charge is 2.44. The van der Waals surface area contributed by atoms with Crippen LogP contribution in [0.1, 0.15) is 29.3 Å². The maximum atomic E-state index is 10.7. The van der Waals surface area contributed by atoms with E-state index in [9.17, 15) is 20.4 Å². The molecule has 34 heavy (non-hydrogen) atoms. The SMILES string of the molecule is Cc1cccc2c1c(Cc1ccc(OC3CCOC3)cc1)cn2[C@@H]1O[C@H](CO)[C@@H](O)[C@H](O)[C@H]1O. The molecular weight excluding hydrogens is 438 g/mol. The van der Waals surface area contributed by atoms with Crippen LogP contribution in [0.2, 0.25) is 0 Å². The predicted molar refractivity (Wildman–Crippen MR) is 125 cm³/mol. The van der Waals surface area contributed by atoms with E-state index >= 15 is 0 Å². The van der Waals surface area contributed by atoms with Gasteiger partial charge in [0, 0.05) is 18.0 Å². The molecule has 3 heterocycles. The minimum atomic E-state index is -1.43. The summed E-state index contributed by atoms with van der Waals surface area (Å²) in [4.78, 5) is 0. The molecular formula is C26H31NO7. The molecule has 2 aromatic carbocycles. The number of benzene rings is 2. The Balaban J connectivity index is 1.44. The maximum Gasteiger partial charge on any atom is 0.163 e. The number of ether oxygens (including phenoxy) is 3. The lowest BCUT2D eigenvalue weighted by Crippen LogP contribution is -2.56. The lowest BCUT2D eigenvalue weighted by Gasteiger charge is -2.40. The summed E-state index contributed by atoms with van der Waals surface area (Å²) in [5, 5.41) is 41.8. The molecule has 0 spiro atoms. The van der Waals surface area contributed by atoms with Crippen LogP contribution in [0, 0.1) is 6.92 Å². The van der Waals surface area contributed by atoms with Gasteiger partial charge in [-0.25, -0.2) is 0 Å². The summed E-state index contributed by atoms with van der Waals surface area (Å²) < 4.78 is 19.0. The summed E-state index contributed by atoms with van der Waals surface area (Å²) in [7, 11) is 0. The first-order chi connectivity index (χ1) is 16.5. The molecule has 2 fully saturated rings. The van der Waals surface area contributed by atoms with Crippen LogP contribution >= 0.6 is 0 Å². The second-order valence-corrected chi connectivity index (χ2v) is 9.17. The maximum absolute atomic E-state index is 10.7. The van der Waals surface area contributed by atoms with Crippen molar-refractivity contribution >= 4 is 10.9 Å². The van der Waals surface area contributed by atoms with Crippen molar-refractivity contribution < 1.29 is 34.6 Å². The Labute approximate surface area is 197 Å². The molecule has 8 nitrogen and oxygen atoms in total. The van der Waals surface area contributed by atoms with Crippen LogP contribution in [0.25, 0.3) is 10.9 Å². The molecule has 4 N–H and O–H groups in total. The van der Waals surface area contributed by atoms with Gasteiger partial charge < -0.3 is 39.2 Å². The van der Waals surface area contributed by atoms with Gasteiger partial charge in [0.2, 0.25) is 0 Å². The zero-order chi connectivity index (χ0) is 23.8. The second kappa shape index (κ2) is 9.65.